The quantitative estimate of drug-likeness (QED) is 0.262. The molecule has 0 spiro atoms. The summed E-state index contributed by atoms with van der Waals surface area (Å²) in [4.78, 5) is 26.8. The number of para-hydroxylation sites is 1. The highest BCUT2D eigenvalue weighted by Crippen LogP contribution is 2.29. The first-order chi connectivity index (χ1) is 10.6. The molecule has 3 rings (SSSR count). The standard InChI is InChI=1S/C15H10N2O3S2.BrH/c18-13(10-4-3-5-11(8-10)17(19)20)9-21-15-16-12-6-1-2-7-14(12)22-15;/h1-8H,9H2;1H. The first kappa shape index (κ1) is 17.6. The summed E-state index contributed by atoms with van der Waals surface area (Å²) < 4.78 is 1.90. The van der Waals surface area contributed by atoms with Crippen molar-refractivity contribution in [3.63, 3.8) is 0 Å². The van der Waals surface area contributed by atoms with E-state index in [1.807, 2.05) is 24.3 Å². The number of nitrogens with zero attached hydrogens (tertiary/aromatic N) is 2. The second-order valence-electron chi connectivity index (χ2n) is 4.47. The van der Waals surface area contributed by atoms with E-state index in [4.69, 9.17) is 0 Å². The van der Waals surface area contributed by atoms with E-state index in [1.165, 1.54) is 41.3 Å². The molecule has 0 bridgehead atoms. The Kier molecular flexibility index (Phi) is 5.86. The minimum Gasteiger partial charge on any atom is -0.293 e. The smallest absolute Gasteiger partial charge is 0.270 e. The minimum absolute atomic E-state index is 0. The highest BCUT2D eigenvalue weighted by Gasteiger charge is 2.13. The van der Waals surface area contributed by atoms with Crippen molar-refractivity contribution in [1.29, 1.82) is 0 Å². The molecule has 5 nitrogen and oxygen atoms in total. The predicted molar refractivity (Wildman–Crippen MR) is 98.1 cm³/mol. The molecule has 23 heavy (non-hydrogen) atoms. The van der Waals surface area contributed by atoms with Gasteiger partial charge < -0.3 is 0 Å². The molecule has 0 aliphatic carbocycles. The molecule has 0 amide bonds. The van der Waals surface area contributed by atoms with Crippen LogP contribution in [0.2, 0.25) is 0 Å². The molecule has 0 saturated carbocycles. The number of hydrogen-bond donors (Lipinski definition) is 0. The van der Waals surface area contributed by atoms with Gasteiger partial charge in [0.2, 0.25) is 0 Å². The predicted octanol–water partition coefficient (Wildman–Crippen LogP) is 4.76. The van der Waals surface area contributed by atoms with Crippen molar-refractivity contribution in [2.45, 2.75) is 4.34 Å². The van der Waals surface area contributed by atoms with Gasteiger partial charge in [0.15, 0.2) is 10.1 Å². The van der Waals surface area contributed by atoms with Crippen molar-refractivity contribution in [3.8, 4) is 0 Å². The van der Waals surface area contributed by atoms with E-state index >= 15 is 0 Å². The largest absolute Gasteiger partial charge is 0.293 e. The van der Waals surface area contributed by atoms with Crippen LogP contribution >= 0.6 is 40.1 Å². The Labute approximate surface area is 150 Å². The maximum absolute atomic E-state index is 12.1. The molecule has 8 heteroatoms. The van der Waals surface area contributed by atoms with Crippen LogP contribution in [0.25, 0.3) is 10.2 Å². The van der Waals surface area contributed by atoms with Crippen LogP contribution in [-0.2, 0) is 0 Å². The van der Waals surface area contributed by atoms with E-state index in [-0.39, 0.29) is 34.2 Å². The van der Waals surface area contributed by atoms with Crippen molar-refractivity contribution in [3.05, 3.63) is 64.2 Å². The minimum atomic E-state index is -0.503. The van der Waals surface area contributed by atoms with Gasteiger partial charge in [0.1, 0.15) is 0 Å². The number of aromatic nitrogens is 1. The van der Waals surface area contributed by atoms with Crippen LogP contribution in [0.3, 0.4) is 0 Å². The Balaban J connectivity index is 0.00000192. The lowest BCUT2D eigenvalue weighted by Gasteiger charge is -1.99. The highest BCUT2D eigenvalue weighted by atomic mass is 79.9. The summed E-state index contributed by atoms with van der Waals surface area (Å²) in [6, 6.07) is 13.6. The zero-order valence-electron chi connectivity index (χ0n) is 11.7. The molecule has 0 aliphatic heterocycles. The second-order valence-corrected chi connectivity index (χ2v) is 6.72. The maximum Gasteiger partial charge on any atom is 0.270 e. The number of non-ortho nitro benzene ring substituents is 1. The number of thiazole rings is 1. The van der Waals surface area contributed by atoms with E-state index in [0.717, 1.165) is 14.6 Å². The number of rotatable bonds is 5. The van der Waals surface area contributed by atoms with Crippen molar-refractivity contribution < 1.29 is 9.72 Å². The Bertz CT molecular complexity index is 834. The van der Waals surface area contributed by atoms with Crippen LogP contribution in [0.15, 0.2) is 52.9 Å². The molecule has 0 fully saturated rings. The number of ketones is 1. The van der Waals surface area contributed by atoms with Gasteiger partial charge in [-0.2, -0.15) is 0 Å². The molecule has 0 unspecified atom stereocenters. The molecular formula is C15H11BrN2O3S2. The zero-order valence-corrected chi connectivity index (χ0v) is 15.0. The number of nitro benzene ring substituents is 1. The van der Waals surface area contributed by atoms with Crippen LogP contribution in [0.1, 0.15) is 10.4 Å². The Morgan fingerprint density at radius 3 is 2.74 bits per heavy atom. The highest BCUT2D eigenvalue weighted by molar-refractivity contribution is 8.93. The van der Waals surface area contributed by atoms with Crippen molar-refractivity contribution in [2.75, 3.05) is 5.75 Å². The van der Waals surface area contributed by atoms with E-state index in [2.05, 4.69) is 4.98 Å². The third-order valence-electron chi connectivity index (χ3n) is 2.98. The number of halogens is 1. The van der Waals surface area contributed by atoms with Gasteiger partial charge in [-0.15, -0.1) is 28.3 Å². The average molecular weight is 411 g/mol. The Morgan fingerprint density at radius 1 is 1.22 bits per heavy atom. The molecule has 0 radical (unpaired) electrons. The topological polar surface area (TPSA) is 73.1 Å². The van der Waals surface area contributed by atoms with E-state index in [9.17, 15) is 14.9 Å². The maximum atomic E-state index is 12.1. The number of benzene rings is 2. The summed E-state index contributed by atoms with van der Waals surface area (Å²) >= 11 is 2.89. The second kappa shape index (κ2) is 7.67. The van der Waals surface area contributed by atoms with Gasteiger partial charge in [0, 0.05) is 17.7 Å². The monoisotopic (exact) mass is 410 g/mol. The molecule has 0 aliphatic rings. The lowest BCUT2D eigenvalue weighted by molar-refractivity contribution is -0.384. The van der Waals surface area contributed by atoms with Crippen LogP contribution in [0.4, 0.5) is 5.69 Å². The van der Waals surface area contributed by atoms with Gasteiger partial charge in [-0.1, -0.05) is 36.0 Å². The van der Waals surface area contributed by atoms with Gasteiger partial charge >= 0.3 is 0 Å². The normalized spacial score (nSPS) is 10.3. The fourth-order valence-corrected chi connectivity index (χ4v) is 3.88. The molecule has 1 heterocycles. The zero-order chi connectivity index (χ0) is 15.5. The first-order valence-corrected chi connectivity index (χ1v) is 8.20. The third-order valence-corrected chi connectivity index (χ3v) is 5.16. The number of carbonyl (C=O) groups excluding carboxylic acids is 1. The number of fused-ring (bicyclic) bond motifs is 1. The Hall–Kier alpha value is -1.77. The third kappa shape index (κ3) is 4.15. The fourth-order valence-electron chi connectivity index (χ4n) is 1.92. The SMILES string of the molecule is Br.O=C(CSc1nc2ccccc2s1)c1cccc([N+](=O)[O-])c1. The molecule has 1 aromatic heterocycles. The number of nitro groups is 1. The van der Waals surface area contributed by atoms with Gasteiger partial charge in [-0.3, -0.25) is 14.9 Å². The average Bonchev–Trinajstić information content (AvgIpc) is 2.95. The molecular weight excluding hydrogens is 400 g/mol. The number of hydrogen-bond acceptors (Lipinski definition) is 6. The molecule has 118 valence electrons. The lowest BCUT2D eigenvalue weighted by Crippen LogP contribution is -2.02. The fraction of sp³-hybridized carbons (Fsp3) is 0.0667. The van der Waals surface area contributed by atoms with E-state index in [1.54, 1.807) is 6.07 Å². The van der Waals surface area contributed by atoms with Crippen molar-refractivity contribution in [2.24, 2.45) is 0 Å². The Morgan fingerprint density at radius 2 is 2.00 bits per heavy atom. The summed E-state index contributed by atoms with van der Waals surface area (Å²) in [7, 11) is 0. The number of thioether (sulfide) groups is 1. The van der Waals surface area contributed by atoms with Crippen LogP contribution in [-0.4, -0.2) is 21.4 Å². The van der Waals surface area contributed by atoms with Crippen LogP contribution in [0, 0.1) is 10.1 Å². The molecule has 0 N–H and O–H groups in total. The summed E-state index contributed by atoms with van der Waals surface area (Å²) in [5, 5.41) is 10.7. The number of carbonyl (C=O) groups is 1. The van der Waals surface area contributed by atoms with Crippen molar-refractivity contribution >= 4 is 61.8 Å². The summed E-state index contributed by atoms with van der Waals surface area (Å²) in [5.41, 5.74) is 1.19. The van der Waals surface area contributed by atoms with Crippen molar-refractivity contribution in [1.82, 2.24) is 4.98 Å². The van der Waals surface area contributed by atoms with E-state index < -0.39 is 4.92 Å². The van der Waals surface area contributed by atoms with E-state index in [0.29, 0.717) is 5.56 Å². The van der Waals surface area contributed by atoms with Gasteiger partial charge in [0.05, 0.1) is 20.9 Å². The van der Waals surface area contributed by atoms with Crippen LogP contribution in [0.5, 0.6) is 0 Å². The number of Topliss-reactive ketones (excluding diaryl/α,β-unsaturated/α-hetero) is 1. The lowest BCUT2D eigenvalue weighted by atomic mass is 10.1. The first-order valence-electron chi connectivity index (χ1n) is 6.39. The molecule has 0 atom stereocenters. The molecule has 2 aromatic carbocycles. The van der Waals surface area contributed by atoms with Gasteiger partial charge in [-0.05, 0) is 12.1 Å². The summed E-state index contributed by atoms with van der Waals surface area (Å²) in [6.07, 6.45) is 0. The van der Waals surface area contributed by atoms with Crippen LogP contribution < -0.4 is 0 Å². The molecule has 0 saturated heterocycles. The summed E-state index contributed by atoms with van der Waals surface area (Å²) in [6.45, 7) is 0. The molecule has 3 aromatic rings. The summed E-state index contributed by atoms with van der Waals surface area (Å²) in [5.74, 6) is 0.0639. The van der Waals surface area contributed by atoms with Gasteiger partial charge in [0.25, 0.3) is 5.69 Å². The van der Waals surface area contributed by atoms with Gasteiger partial charge in [-0.25, -0.2) is 4.98 Å².